The molecule has 0 spiro atoms. The summed E-state index contributed by atoms with van der Waals surface area (Å²) in [6.45, 7) is 2.97. The van der Waals surface area contributed by atoms with Crippen molar-refractivity contribution in [3.8, 4) is 5.75 Å². The SMILES string of the molecule is CC1OC(OC2C(Oc3ccc([N+](=O)[O-])cc3)OC(C)C(O)C2O)C(O)C(O)C1O. The van der Waals surface area contributed by atoms with Crippen LogP contribution in [0.25, 0.3) is 0 Å². The summed E-state index contributed by atoms with van der Waals surface area (Å²) in [5, 5.41) is 61.4. The third kappa shape index (κ3) is 4.55. The molecule has 2 aliphatic heterocycles. The molecule has 2 aliphatic rings. The number of aliphatic hydroxyl groups is 5. The van der Waals surface area contributed by atoms with E-state index in [2.05, 4.69) is 0 Å². The van der Waals surface area contributed by atoms with Crippen LogP contribution in [0.2, 0.25) is 0 Å². The largest absolute Gasteiger partial charge is 0.462 e. The summed E-state index contributed by atoms with van der Waals surface area (Å²) in [7, 11) is 0. The molecule has 2 saturated heterocycles. The molecule has 168 valence electrons. The predicted octanol–water partition coefficient (Wildman–Crippen LogP) is -1.35. The highest BCUT2D eigenvalue weighted by Crippen LogP contribution is 2.30. The van der Waals surface area contributed by atoms with Gasteiger partial charge in [0.05, 0.1) is 17.1 Å². The quantitative estimate of drug-likeness (QED) is 0.275. The van der Waals surface area contributed by atoms with Gasteiger partial charge in [-0.3, -0.25) is 10.1 Å². The number of ether oxygens (including phenoxy) is 4. The van der Waals surface area contributed by atoms with E-state index in [4.69, 9.17) is 18.9 Å². The first-order valence-electron chi connectivity index (χ1n) is 9.38. The zero-order valence-corrected chi connectivity index (χ0v) is 16.2. The van der Waals surface area contributed by atoms with E-state index in [1.54, 1.807) is 0 Å². The predicted molar refractivity (Wildman–Crippen MR) is 97.3 cm³/mol. The van der Waals surface area contributed by atoms with Crippen LogP contribution in [-0.4, -0.2) is 91.9 Å². The molecule has 0 amide bonds. The van der Waals surface area contributed by atoms with Gasteiger partial charge in [0.15, 0.2) is 12.4 Å². The molecule has 10 unspecified atom stereocenters. The Morgan fingerprint density at radius 3 is 1.93 bits per heavy atom. The molecule has 12 nitrogen and oxygen atoms in total. The molecule has 30 heavy (non-hydrogen) atoms. The Bertz CT molecular complexity index is 731. The first-order chi connectivity index (χ1) is 14.1. The summed E-state index contributed by atoms with van der Waals surface area (Å²) >= 11 is 0. The highest BCUT2D eigenvalue weighted by atomic mass is 16.8. The van der Waals surface area contributed by atoms with Crippen LogP contribution in [0.15, 0.2) is 24.3 Å². The van der Waals surface area contributed by atoms with Crippen LogP contribution in [0.3, 0.4) is 0 Å². The lowest BCUT2D eigenvalue weighted by molar-refractivity contribution is -0.384. The molecule has 2 fully saturated rings. The van der Waals surface area contributed by atoms with Crippen LogP contribution in [0.5, 0.6) is 5.75 Å². The van der Waals surface area contributed by atoms with E-state index in [-0.39, 0.29) is 11.4 Å². The number of hydrogen-bond acceptors (Lipinski definition) is 11. The van der Waals surface area contributed by atoms with Crippen molar-refractivity contribution >= 4 is 5.69 Å². The molecule has 0 saturated carbocycles. The van der Waals surface area contributed by atoms with E-state index in [1.165, 1.54) is 38.1 Å². The molecule has 1 aromatic rings. The van der Waals surface area contributed by atoms with Crippen molar-refractivity contribution in [3.05, 3.63) is 34.4 Å². The highest BCUT2D eigenvalue weighted by molar-refractivity contribution is 5.36. The zero-order chi connectivity index (χ0) is 22.2. The first-order valence-corrected chi connectivity index (χ1v) is 9.38. The smallest absolute Gasteiger partial charge is 0.269 e. The molecular weight excluding hydrogens is 406 g/mol. The molecule has 2 heterocycles. The van der Waals surface area contributed by atoms with Crippen molar-refractivity contribution in [3.63, 3.8) is 0 Å². The zero-order valence-electron chi connectivity index (χ0n) is 16.2. The van der Waals surface area contributed by atoms with Gasteiger partial charge in [-0.2, -0.15) is 0 Å². The minimum Gasteiger partial charge on any atom is -0.462 e. The van der Waals surface area contributed by atoms with E-state index in [1.807, 2.05) is 0 Å². The summed E-state index contributed by atoms with van der Waals surface area (Å²) in [6, 6.07) is 5.09. The summed E-state index contributed by atoms with van der Waals surface area (Å²) in [5.74, 6) is 0.170. The Hall–Kier alpha value is -1.90. The second kappa shape index (κ2) is 9.08. The maximum absolute atomic E-state index is 10.8. The van der Waals surface area contributed by atoms with Gasteiger partial charge in [0.1, 0.15) is 36.3 Å². The molecule has 0 radical (unpaired) electrons. The van der Waals surface area contributed by atoms with Crippen LogP contribution in [-0.2, 0) is 14.2 Å². The van der Waals surface area contributed by atoms with Crippen molar-refractivity contribution in [1.82, 2.24) is 0 Å². The molecule has 0 bridgehead atoms. The van der Waals surface area contributed by atoms with E-state index in [9.17, 15) is 35.6 Å². The summed E-state index contributed by atoms with van der Waals surface area (Å²) in [6.07, 6.45) is -13.2. The lowest BCUT2D eigenvalue weighted by Gasteiger charge is -2.45. The van der Waals surface area contributed by atoms with Crippen LogP contribution in [0, 0.1) is 10.1 Å². The van der Waals surface area contributed by atoms with E-state index >= 15 is 0 Å². The molecule has 0 aromatic heterocycles. The lowest BCUT2D eigenvalue weighted by Crippen LogP contribution is -2.63. The number of benzene rings is 1. The maximum Gasteiger partial charge on any atom is 0.269 e. The number of rotatable bonds is 5. The Morgan fingerprint density at radius 2 is 1.37 bits per heavy atom. The van der Waals surface area contributed by atoms with Gasteiger partial charge in [0.2, 0.25) is 6.29 Å². The molecular formula is C18H25NO11. The van der Waals surface area contributed by atoms with Gasteiger partial charge in [-0.25, -0.2) is 0 Å². The number of non-ortho nitro benzene ring substituents is 1. The van der Waals surface area contributed by atoms with Crippen molar-refractivity contribution in [2.45, 2.75) is 75.3 Å². The van der Waals surface area contributed by atoms with Gasteiger partial charge in [0.25, 0.3) is 5.69 Å². The van der Waals surface area contributed by atoms with Gasteiger partial charge in [0, 0.05) is 12.1 Å². The molecule has 1 aromatic carbocycles. The van der Waals surface area contributed by atoms with Crippen LogP contribution in [0.1, 0.15) is 13.8 Å². The number of nitro groups is 1. The minimum absolute atomic E-state index is 0.149. The van der Waals surface area contributed by atoms with Gasteiger partial charge < -0.3 is 44.5 Å². The first kappa shape index (κ1) is 22.8. The molecule has 10 atom stereocenters. The van der Waals surface area contributed by atoms with E-state index < -0.39 is 66.3 Å². The second-order valence-electron chi connectivity index (χ2n) is 7.34. The summed E-state index contributed by atoms with van der Waals surface area (Å²) in [4.78, 5) is 10.2. The maximum atomic E-state index is 10.8. The molecule has 0 aliphatic carbocycles. The van der Waals surface area contributed by atoms with Crippen molar-refractivity contribution in [2.24, 2.45) is 0 Å². The summed E-state index contributed by atoms with van der Waals surface area (Å²) in [5.41, 5.74) is -0.149. The lowest BCUT2D eigenvalue weighted by atomic mass is 9.98. The average molecular weight is 431 g/mol. The fraction of sp³-hybridized carbons (Fsp3) is 0.667. The number of hydrogen-bond donors (Lipinski definition) is 5. The minimum atomic E-state index is -1.64. The van der Waals surface area contributed by atoms with Crippen molar-refractivity contribution in [2.75, 3.05) is 0 Å². The van der Waals surface area contributed by atoms with Gasteiger partial charge in [-0.1, -0.05) is 0 Å². The molecule has 5 N–H and O–H groups in total. The number of nitro benzene ring substituents is 1. The average Bonchev–Trinajstić information content (AvgIpc) is 2.71. The number of aliphatic hydroxyl groups excluding tert-OH is 5. The fourth-order valence-electron chi connectivity index (χ4n) is 3.30. The van der Waals surface area contributed by atoms with Crippen LogP contribution >= 0.6 is 0 Å². The van der Waals surface area contributed by atoms with Gasteiger partial charge >= 0.3 is 0 Å². The third-order valence-corrected chi connectivity index (χ3v) is 5.18. The van der Waals surface area contributed by atoms with Crippen molar-refractivity contribution in [1.29, 1.82) is 0 Å². The Kier molecular flexibility index (Phi) is 6.89. The topological polar surface area (TPSA) is 181 Å². The standard InChI is InChI=1S/C18H25NO11/c1-7-11(20)13(22)15(24)17(27-7)30-16-14(23)12(21)8(2)28-18(16)29-10-5-3-9(4-6-10)19(25)26/h3-8,11-18,20-24H,1-2H3. The summed E-state index contributed by atoms with van der Waals surface area (Å²) < 4.78 is 22.2. The van der Waals surface area contributed by atoms with Gasteiger partial charge in [-0.15, -0.1) is 0 Å². The monoisotopic (exact) mass is 431 g/mol. The molecule has 3 rings (SSSR count). The Labute approximate surface area is 171 Å². The Morgan fingerprint density at radius 1 is 0.833 bits per heavy atom. The third-order valence-electron chi connectivity index (χ3n) is 5.18. The van der Waals surface area contributed by atoms with E-state index in [0.29, 0.717) is 0 Å². The van der Waals surface area contributed by atoms with Crippen molar-refractivity contribution < 1.29 is 49.4 Å². The van der Waals surface area contributed by atoms with E-state index in [0.717, 1.165) is 0 Å². The second-order valence-corrected chi connectivity index (χ2v) is 7.34. The highest BCUT2D eigenvalue weighted by Gasteiger charge is 2.50. The van der Waals surface area contributed by atoms with Crippen LogP contribution in [0.4, 0.5) is 5.69 Å². The number of nitrogens with zero attached hydrogens (tertiary/aromatic N) is 1. The normalized spacial score (nSPS) is 42.0. The molecule has 12 heteroatoms. The fourth-order valence-corrected chi connectivity index (χ4v) is 3.30. The van der Waals surface area contributed by atoms with Gasteiger partial charge in [-0.05, 0) is 26.0 Å². The van der Waals surface area contributed by atoms with Crippen LogP contribution < -0.4 is 4.74 Å². The Balaban J connectivity index is 1.78.